The molecule has 112 valence electrons. The SMILES string of the molecule is CCCCCC(=O)Nc1c(C)nn(-c2ccccc2)c1C. The van der Waals surface area contributed by atoms with Crippen LogP contribution in [0, 0.1) is 13.8 Å². The van der Waals surface area contributed by atoms with E-state index >= 15 is 0 Å². The number of aryl methyl sites for hydroxylation is 1. The number of carbonyl (C=O) groups excluding carboxylic acids is 1. The number of unbranched alkanes of at least 4 members (excludes halogenated alkanes) is 2. The van der Waals surface area contributed by atoms with Crippen LogP contribution in [0.4, 0.5) is 5.69 Å². The fourth-order valence-electron chi connectivity index (χ4n) is 2.38. The largest absolute Gasteiger partial charge is 0.323 e. The number of aromatic nitrogens is 2. The van der Waals surface area contributed by atoms with Crippen LogP contribution in [0.1, 0.15) is 44.0 Å². The highest BCUT2D eigenvalue weighted by Gasteiger charge is 2.14. The Balaban J connectivity index is 2.15. The minimum atomic E-state index is 0.0715. The van der Waals surface area contributed by atoms with Gasteiger partial charge in [0.2, 0.25) is 5.91 Å². The van der Waals surface area contributed by atoms with E-state index in [4.69, 9.17) is 0 Å². The van der Waals surface area contributed by atoms with Crippen molar-refractivity contribution in [1.29, 1.82) is 0 Å². The number of hydrogen-bond acceptors (Lipinski definition) is 2. The first-order valence-corrected chi connectivity index (χ1v) is 7.55. The summed E-state index contributed by atoms with van der Waals surface area (Å²) in [7, 11) is 0. The van der Waals surface area contributed by atoms with Crippen LogP contribution in [0.2, 0.25) is 0 Å². The molecule has 1 amide bonds. The molecule has 0 aliphatic rings. The van der Waals surface area contributed by atoms with Gasteiger partial charge in [-0.2, -0.15) is 5.10 Å². The van der Waals surface area contributed by atoms with Crippen LogP contribution in [-0.4, -0.2) is 15.7 Å². The Morgan fingerprint density at radius 2 is 1.90 bits per heavy atom. The van der Waals surface area contributed by atoms with E-state index < -0.39 is 0 Å². The number of nitrogens with one attached hydrogen (secondary N) is 1. The first-order chi connectivity index (χ1) is 10.1. The summed E-state index contributed by atoms with van der Waals surface area (Å²) in [5.74, 6) is 0.0715. The molecule has 0 aliphatic heterocycles. The summed E-state index contributed by atoms with van der Waals surface area (Å²) in [6.07, 6.45) is 3.72. The monoisotopic (exact) mass is 285 g/mol. The number of amides is 1. The van der Waals surface area contributed by atoms with Crippen molar-refractivity contribution < 1.29 is 4.79 Å². The molecular formula is C17H23N3O. The quantitative estimate of drug-likeness (QED) is 0.815. The molecule has 1 aromatic heterocycles. The van der Waals surface area contributed by atoms with Crippen LogP contribution < -0.4 is 5.32 Å². The fourth-order valence-corrected chi connectivity index (χ4v) is 2.38. The highest BCUT2D eigenvalue weighted by Crippen LogP contribution is 2.23. The molecule has 1 N–H and O–H groups in total. The Hall–Kier alpha value is -2.10. The van der Waals surface area contributed by atoms with Crippen molar-refractivity contribution in [2.45, 2.75) is 46.5 Å². The summed E-state index contributed by atoms with van der Waals surface area (Å²) in [6, 6.07) is 9.95. The smallest absolute Gasteiger partial charge is 0.224 e. The zero-order valence-electron chi connectivity index (χ0n) is 13.0. The third-order valence-corrected chi connectivity index (χ3v) is 3.56. The molecule has 2 rings (SSSR count). The van der Waals surface area contributed by atoms with Crippen LogP contribution in [-0.2, 0) is 4.79 Å². The molecule has 1 heterocycles. The molecule has 0 saturated carbocycles. The number of nitrogens with zero attached hydrogens (tertiary/aromatic N) is 2. The lowest BCUT2D eigenvalue weighted by molar-refractivity contribution is -0.116. The molecule has 21 heavy (non-hydrogen) atoms. The van der Waals surface area contributed by atoms with Crippen LogP contribution >= 0.6 is 0 Å². The number of carbonyl (C=O) groups is 1. The second kappa shape index (κ2) is 7.07. The van der Waals surface area contributed by atoms with Gasteiger partial charge in [-0.1, -0.05) is 38.0 Å². The average molecular weight is 285 g/mol. The Kier molecular flexibility index (Phi) is 5.14. The van der Waals surface area contributed by atoms with Gasteiger partial charge in [-0.05, 0) is 32.4 Å². The Labute approximate surface area is 126 Å². The second-order valence-corrected chi connectivity index (χ2v) is 5.30. The van der Waals surface area contributed by atoms with Gasteiger partial charge in [0.15, 0.2) is 0 Å². The molecule has 0 saturated heterocycles. The minimum absolute atomic E-state index is 0.0715. The summed E-state index contributed by atoms with van der Waals surface area (Å²) >= 11 is 0. The van der Waals surface area contributed by atoms with Gasteiger partial charge in [0.05, 0.1) is 22.8 Å². The maximum absolute atomic E-state index is 12.0. The summed E-state index contributed by atoms with van der Waals surface area (Å²) in [4.78, 5) is 12.0. The van der Waals surface area contributed by atoms with E-state index in [1.165, 1.54) is 0 Å². The van der Waals surface area contributed by atoms with Gasteiger partial charge in [-0.3, -0.25) is 4.79 Å². The molecular weight excluding hydrogens is 262 g/mol. The highest BCUT2D eigenvalue weighted by atomic mass is 16.1. The van der Waals surface area contributed by atoms with E-state index in [0.29, 0.717) is 6.42 Å². The summed E-state index contributed by atoms with van der Waals surface area (Å²) in [6.45, 7) is 6.04. The number of anilines is 1. The highest BCUT2D eigenvalue weighted by molar-refractivity contribution is 5.91. The van der Waals surface area contributed by atoms with Crippen molar-refractivity contribution >= 4 is 11.6 Å². The molecule has 0 aliphatic carbocycles. The number of para-hydroxylation sites is 1. The van der Waals surface area contributed by atoms with E-state index in [-0.39, 0.29) is 5.91 Å². The lowest BCUT2D eigenvalue weighted by Gasteiger charge is -2.07. The van der Waals surface area contributed by atoms with Crippen molar-refractivity contribution in [3.63, 3.8) is 0 Å². The number of rotatable bonds is 6. The first kappa shape index (κ1) is 15.3. The third-order valence-electron chi connectivity index (χ3n) is 3.56. The van der Waals surface area contributed by atoms with Gasteiger partial charge in [-0.15, -0.1) is 0 Å². The van der Waals surface area contributed by atoms with Gasteiger partial charge in [0, 0.05) is 6.42 Å². The van der Waals surface area contributed by atoms with Gasteiger partial charge in [0.1, 0.15) is 0 Å². The number of benzene rings is 1. The Morgan fingerprint density at radius 1 is 1.19 bits per heavy atom. The molecule has 0 bridgehead atoms. The maximum atomic E-state index is 12.0. The lowest BCUT2D eigenvalue weighted by atomic mass is 10.2. The zero-order chi connectivity index (χ0) is 15.2. The van der Waals surface area contributed by atoms with Crippen molar-refractivity contribution in [1.82, 2.24) is 9.78 Å². The second-order valence-electron chi connectivity index (χ2n) is 5.30. The standard InChI is InChI=1S/C17H23N3O/c1-4-5-7-12-16(21)18-17-13(2)19-20(14(17)3)15-10-8-6-9-11-15/h6,8-11H,4-5,7,12H2,1-3H3,(H,18,21). The maximum Gasteiger partial charge on any atom is 0.224 e. The third kappa shape index (κ3) is 3.72. The molecule has 0 unspecified atom stereocenters. The molecule has 0 atom stereocenters. The van der Waals surface area contributed by atoms with E-state index in [9.17, 15) is 4.79 Å². The van der Waals surface area contributed by atoms with E-state index in [1.54, 1.807) is 0 Å². The molecule has 0 fully saturated rings. The predicted octanol–water partition coefficient (Wildman–Crippen LogP) is 4.01. The summed E-state index contributed by atoms with van der Waals surface area (Å²) in [5.41, 5.74) is 3.65. The van der Waals surface area contributed by atoms with Crippen LogP contribution in [0.5, 0.6) is 0 Å². The molecule has 1 aromatic carbocycles. The molecule has 4 heteroatoms. The minimum Gasteiger partial charge on any atom is -0.323 e. The molecule has 2 aromatic rings. The van der Waals surface area contributed by atoms with Crippen LogP contribution in [0.15, 0.2) is 30.3 Å². The fraction of sp³-hybridized carbons (Fsp3) is 0.412. The van der Waals surface area contributed by atoms with Crippen molar-refractivity contribution in [3.8, 4) is 5.69 Å². The van der Waals surface area contributed by atoms with E-state index in [2.05, 4.69) is 17.3 Å². The zero-order valence-corrected chi connectivity index (χ0v) is 13.0. The van der Waals surface area contributed by atoms with Crippen LogP contribution in [0.3, 0.4) is 0 Å². The number of hydrogen-bond donors (Lipinski definition) is 1. The van der Waals surface area contributed by atoms with Crippen molar-refractivity contribution in [2.75, 3.05) is 5.32 Å². The van der Waals surface area contributed by atoms with Crippen molar-refractivity contribution in [3.05, 3.63) is 41.7 Å². The van der Waals surface area contributed by atoms with Gasteiger partial charge < -0.3 is 5.32 Å². The Morgan fingerprint density at radius 3 is 2.57 bits per heavy atom. The Bertz CT molecular complexity index is 602. The first-order valence-electron chi connectivity index (χ1n) is 7.55. The topological polar surface area (TPSA) is 46.9 Å². The summed E-state index contributed by atoms with van der Waals surface area (Å²) in [5, 5.41) is 7.54. The van der Waals surface area contributed by atoms with Crippen LogP contribution in [0.25, 0.3) is 5.69 Å². The van der Waals surface area contributed by atoms with E-state index in [1.807, 2.05) is 48.9 Å². The van der Waals surface area contributed by atoms with Gasteiger partial charge in [-0.25, -0.2) is 4.68 Å². The molecule has 4 nitrogen and oxygen atoms in total. The average Bonchev–Trinajstić information content (AvgIpc) is 2.76. The van der Waals surface area contributed by atoms with E-state index in [0.717, 1.165) is 42.0 Å². The van der Waals surface area contributed by atoms with Gasteiger partial charge in [0.25, 0.3) is 0 Å². The molecule has 0 radical (unpaired) electrons. The lowest BCUT2D eigenvalue weighted by Crippen LogP contribution is -2.12. The summed E-state index contributed by atoms with van der Waals surface area (Å²) < 4.78 is 1.87. The predicted molar refractivity (Wildman–Crippen MR) is 85.8 cm³/mol. The normalized spacial score (nSPS) is 10.6. The van der Waals surface area contributed by atoms with Gasteiger partial charge >= 0.3 is 0 Å². The van der Waals surface area contributed by atoms with Crippen molar-refractivity contribution in [2.24, 2.45) is 0 Å². The molecule has 0 spiro atoms.